The summed E-state index contributed by atoms with van der Waals surface area (Å²) >= 11 is 0. The van der Waals surface area contributed by atoms with Gasteiger partial charge in [0.2, 0.25) is 0 Å². The zero-order valence-electron chi connectivity index (χ0n) is 8.08. The maximum atomic E-state index is 10.4. The zero-order valence-corrected chi connectivity index (χ0v) is 8.08. The molecule has 0 N–H and O–H groups in total. The summed E-state index contributed by atoms with van der Waals surface area (Å²) in [5.41, 5.74) is 2.61. The molecule has 0 heterocycles. The molecule has 1 aromatic rings. The van der Waals surface area contributed by atoms with Gasteiger partial charge in [0.15, 0.2) is 0 Å². The summed E-state index contributed by atoms with van der Waals surface area (Å²) in [5.74, 6) is 0.702. The van der Waals surface area contributed by atoms with Crippen molar-refractivity contribution in [1.29, 1.82) is 0 Å². The maximum Gasteiger partial charge on any atom is 0.150 e. The van der Waals surface area contributed by atoms with Gasteiger partial charge in [0.1, 0.15) is 6.29 Å². The standard InChI is InChI=1S/C12H14O/c1-12(2)7-11(12)10-5-3-9(8-13)4-6-10/h3-6,8,11H,7H2,1-2H3. The molecular formula is C12H14O. The van der Waals surface area contributed by atoms with Crippen molar-refractivity contribution < 1.29 is 4.79 Å². The second-order valence-electron chi connectivity index (χ2n) is 4.53. The summed E-state index contributed by atoms with van der Waals surface area (Å²) in [6, 6.07) is 7.94. The quantitative estimate of drug-likeness (QED) is 0.630. The predicted octanol–water partition coefficient (Wildman–Crippen LogP) is 3.01. The van der Waals surface area contributed by atoms with Crippen molar-refractivity contribution in [2.75, 3.05) is 0 Å². The average molecular weight is 174 g/mol. The Labute approximate surface area is 78.8 Å². The molecule has 0 amide bonds. The summed E-state index contributed by atoms with van der Waals surface area (Å²) in [6.45, 7) is 4.57. The monoisotopic (exact) mass is 174 g/mol. The van der Waals surface area contributed by atoms with E-state index in [0.717, 1.165) is 11.8 Å². The van der Waals surface area contributed by atoms with E-state index in [1.165, 1.54) is 12.0 Å². The van der Waals surface area contributed by atoms with Gasteiger partial charge in [-0.2, -0.15) is 0 Å². The SMILES string of the molecule is CC1(C)CC1c1ccc(C=O)cc1. The van der Waals surface area contributed by atoms with E-state index in [4.69, 9.17) is 0 Å². The summed E-state index contributed by atoms with van der Waals surface area (Å²) in [5, 5.41) is 0. The van der Waals surface area contributed by atoms with Gasteiger partial charge < -0.3 is 0 Å². The highest BCUT2D eigenvalue weighted by molar-refractivity contribution is 5.74. The van der Waals surface area contributed by atoms with Crippen LogP contribution in [0, 0.1) is 5.41 Å². The van der Waals surface area contributed by atoms with Crippen molar-refractivity contribution in [3.63, 3.8) is 0 Å². The fourth-order valence-corrected chi connectivity index (χ4v) is 1.84. The molecule has 1 heteroatoms. The van der Waals surface area contributed by atoms with E-state index in [-0.39, 0.29) is 0 Å². The van der Waals surface area contributed by atoms with E-state index in [9.17, 15) is 4.79 Å². The van der Waals surface area contributed by atoms with Gasteiger partial charge in [-0.25, -0.2) is 0 Å². The Morgan fingerprint density at radius 1 is 1.31 bits per heavy atom. The van der Waals surface area contributed by atoms with Gasteiger partial charge in [-0.1, -0.05) is 38.1 Å². The topological polar surface area (TPSA) is 17.1 Å². The number of hydrogen-bond donors (Lipinski definition) is 0. The van der Waals surface area contributed by atoms with Crippen LogP contribution in [0.3, 0.4) is 0 Å². The van der Waals surface area contributed by atoms with E-state index in [0.29, 0.717) is 11.3 Å². The summed E-state index contributed by atoms with van der Waals surface area (Å²) in [6.07, 6.45) is 2.16. The van der Waals surface area contributed by atoms with Crippen LogP contribution in [0.2, 0.25) is 0 Å². The molecule has 13 heavy (non-hydrogen) atoms. The molecule has 0 saturated heterocycles. The summed E-state index contributed by atoms with van der Waals surface area (Å²) < 4.78 is 0. The lowest BCUT2D eigenvalue weighted by molar-refractivity contribution is 0.112. The Morgan fingerprint density at radius 3 is 2.23 bits per heavy atom. The first-order valence-corrected chi connectivity index (χ1v) is 4.68. The van der Waals surface area contributed by atoms with Gasteiger partial charge in [-0.15, -0.1) is 0 Å². The van der Waals surface area contributed by atoms with Crippen LogP contribution in [-0.4, -0.2) is 6.29 Å². The lowest BCUT2D eigenvalue weighted by atomic mass is 10.0. The third kappa shape index (κ3) is 1.51. The maximum absolute atomic E-state index is 10.4. The number of benzene rings is 1. The van der Waals surface area contributed by atoms with Gasteiger partial charge in [-0.3, -0.25) is 4.79 Å². The Hall–Kier alpha value is -1.11. The number of aldehydes is 1. The molecule has 0 bridgehead atoms. The highest BCUT2D eigenvalue weighted by atomic mass is 16.1. The fraction of sp³-hybridized carbons (Fsp3) is 0.417. The van der Waals surface area contributed by atoms with Crippen molar-refractivity contribution in [3.8, 4) is 0 Å². The summed E-state index contributed by atoms with van der Waals surface area (Å²) in [4.78, 5) is 10.4. The van der Waals surface area contributed by atoms with E-state index >= 15 is 0 Å². The fourth-order valence-electron chi connectivity index (χ4n) is 1.84. The molecular weight excluding hydrogens is 160 g/mol. The van der Waals surface area contributed by atoms with Crippen molar-refractivity contribution in [3.05, 3.63) is 35.4 Å². The normalized spacial score (nSPS) is 24.0. The van der Waals surface area contributed by atoms with Gasteiger partial charge >= 0.3 is 0 Å². The van der Waals surface area contributed by atoms with Crippen molar-refractivity contribution in [2.45, 2.75) is 26.2 Å². The third-order valence-corrected chi connectivity index (χ3v) is 2.99. The molecule has 1 fully saturated rings. The lowest BCUT2D eigenvalue weighted by Crippen LogP contribution is -1.90. The van der Waals surface area contributed by atoms with Crippen molar-refractivity contribution in [2.24, 2.45) is 5.41 Å². The largest absolute Gasteiger partial charge is 0.298 e. The zero-order chi connectivity index (χ0) is 9.47. The Kier molecular flexibility index (Phi) is 1.76. The molecule has 1 aliphatic carbocycles. The van der Waals surface area contributed by atoms with Crippen LogP contribution in [0.25, 0.3) is 0 Å². The molecule has 0 aromatic heterocycles. The molecule has 1 nitrogen and oxygen atoms in total. The Morgan fingerprint density at radius 2 is 1.85 bits per heavy atom. The third-order valence-electron chi connectivity index (χ3n) is 2.99. The second kappa shape index (κ2) is 2.69. The highest BCUT2D eigenvalue weighted by Crippen LogP contribution is 2.58. The number of carbonyl (C=O) groups is 1. The molecule has 0 radical (unpaired) electrons. The molecule has 0 aliphatic heterocycles. The first kappa shape index (κ1) is 8.49. The van der Waals surface area contributed by atoms with E-state index in [1.54, 1.807) is 0 Å². The van der Waals surface area contributed by atoms with E-state index in [1.807, 2.05) is 12.1 Å². The van der Waals surface area contributed by atoms with Gasteiger partial charge in [0.25, 0.3) is 0 Å². The van der Waals surface area contributed by atoms with Crippen LogP contribution >= 0.6 is 0 Å². The van der Waals surface area contributed by atoms with Gasteiger partial charge in [-0.05, 0) is 23.3 Å². The molecule has 1 saturated carbocycles. The van der Waals surface area contributed by atoms with Crippen molar-refractivity contribution >= 4 is 6.29 Å². The first-order chi connectivity index (χ1) is 6.13. The molecule has 1 atom stereocenters. The van der Waals surface area contributed by atoms with Crippen LogP contribution in [0.5, 0.6) is 0 Å². The van der Waals surface area contributed by atoms with Crippen LogP contribution in [0.1, 0.15) is 42.1 Å². The molecule has 68 valence electrons. The Bertz CT molecular complexity index is 321. The predicted molar refractivity (Wildman–Crippen MR) is 53.0 cm³/mol. The number of rotatable bonds is 2. The van der Waals surface area contributed by atoms with Crippen molar-refractivity contribution in [1.82, 2.24) is 0 Å². The molecule has 1 aliphatic rings. The highest BCUT2D eigenvalue weighted by Gasteiger charge is 2.46. The minimum atomic E-state index is 0.475. The number of hydrogen-bond acceptors (Lipinski definition) is 1. The number of carbonyl (C=O) groups excluding carboxylic acids is 1. The lowest BCUT2D eigenvalue weighted by Gasteiger charge is -2.03. The second-order valence-corrected chi connectivity index (χ2v) is 4.53. The van der Waals surface area contributed by atoms with Gasteiger partial charge in [0, 0.05) is 5.56 Å². The molecule has 1 unspecified atom stereocenters. The molecule has 1 aromatic carbocycles. The molecule has 0 spiro atoms. The van der Waals surface area contributed by atoms with E-state index in [2.05, 4.69) is 26.0 Å². The minimum absolute atomic E-state index is 0.475. The molecule has 2 rings (SSSR count). The van der Waals surface area contributed by atoms with Gasteiger partial charge in [0.05, 0.1) is 0 Å². The minimum Gasteiger partial charge on any atom is -0.298 e. The van der Waals surface area contributed by atoms with Crippen LogP contribution in [0.4, 0.5) is 0 Å². The Balaban J connectivity index is 2.20. The van der Waals surface area contributed by atoms with Crippen LogP contribution in [-0.2, 0) is 0 Å². The smallest absolute Gasteiger partial charge is 0.150 e. The van der Waals surface area contributed by atoms with Crippen LogP contribution < -0.4 is 0 Å². The van der Waals surface area contributed by atoms with Crippen LogP contribution in [0.15, 0.2) is 24.3 Å². The first-order valence-electron chi connectivity index (χ1n) is 4.68. The van der Waals surface area contributed by atoms with E-state index < -0.39 is 0 Å². The summed E-state index contributed by atoms with van der Waals surface area (Å²) in [7, 11) is 0. The average Bonchev–Trinajstić information content (AvgIpc) is 2.76.